The number of hydroxylamine groups is 2. The summed E-state index contributed by atoms with van der Waals surface area (Å²) < 4.78 is 0. The van der Waals surface area contributed by atoms with E-state index in [1.165, 1.54) is 5.06 Å². The molecule has 0 aliphatic carbocycles. The Kier molecular flexibility index (Phi) is 5.31. The van der Waals surface area contributed by atoms with E-state index in [9.17, 15) is 0 Å². The highest BCUT2D eigenvalue weighted by Crippen LogP contribution is 2.31. The Morgan fingerprint density at radius 2 is 2.07 bits per heavy atom. The van der Waals surface area contributed by atoms with Crippen LogP contribution in [0.3, 0.4) is 0 Å². The van der Waals surface area contributed by atoms with Crippen LogP contribution in [0.1, 0.15) is 17.6 Å². The van der Waals surface area contributed by atoms with Gasteiger partial charge < -0.3 is 5.21 Å². The maximum Gasteiger partial charge on any atom is 0.0595 e. The molecule has 0 bridgehead atoms. The second-order valence-electron chi connectivity index (χ2n) is 3.45. The van der Waals surface area contributed by atoms with Crippen LogP contribution in [0.2, 0.25) is 10.0 Å². The minimum atomic E-state index is 0.273. The van der Waals surface area contributed by atoms with Gasteiger partial charge in [-0.2, -0.15) is 5.06 Å². The highest BCUT2D eigenvalue weighted by atomic mass is 35.5. The van der Waals surface area contributed by atoms with Gasteiger partial charge in [0.15, 0.2) is 0 Å². The summed E-state index contributed by atoms with van der Waals surface area (Å²) in [7, 11) is 4.37. The minimum Gasteiger partial charge on any atom is -0.314 e. The van der Waals surface area contributed by atoms with Gasteiger partial charge in [-0.1, -0.05) is 29.3 Å². The fraction of sp³-hybridized carbons (Fsp3) is 0.400. The molecule has 0 aliphatic heterocycles. The predicted octanol–water partition coefficient (Wildman–Crippen LogP) is 3.62. The lowest BCUT2D eigenvalue weighted by atomic mass is 10.1. The maximum atomic E-state index is 9.02. The first-order chi connectivity index (χ1) is 7.00. The average Bonchev–Trinajstić information content (AvgIpc) is 2.18. The van der Waals surface area contributed by atoms with Gasteiger partial charge in [0.25, 0.3) is 0 Å². The van der Waals surface area contributed by atoms with E-state index in [0.717, 1.165) is 12.0 Å². The molecule has 0 radical (unpaired) electrons. The molecule has 2 atom stereocenters. The standard InChI is InChI=1S/C10H14Cl2NOP/c1-13(14)5-4-10(15)7-2-3-8(11)9(12)6-7/h2-3,6,10,14H,4-5,15H2,1H3. The summed E-state index contributed by atoms with van der Waals surface area (Å²) in [5.41, 5.74) is 1.38. The Hall–Kier alpha value is 0.150. The molecule has 0 fully saturated rings. The van der Waals surface area contributed by atoms with E-state index < -0.39 is 0 Å². The smallest absolute Gasteiger partial charge is 0.0595 e. The van der Waals surface area contributed by atoms with Crippen molar-refractivity contribution in [1.29, 1.82) is 0 Å². The van der Waals surface area contributed by atoms with Crippen LogP contribution >= 0.6 is 32.4 Å². The third kappa shape index (κ3) is 4.26. The topological polar surface area (TPSA) is 23.5 Å². The lowest BCUT2D eigenvalue weighted by molar-refractivity contribution is -0.0652. The van der Waals surface area contributed by atoms with Crippen LogP contribution in [0.25, 0.3) is 0 Å². The maximum absolute atomic E-state index is 9.02. The lowest BCUT2D eigenvalue weighted by Crippen LogP contribution is -2.15. The molecule has 1 N–H and O–H groups in total. The molecule has 0 aliphatic rings. The van der Waals surface area contributed by atoms with Gasteiger partial charge in [-0.3, -0.25) is 0 Å². The van der Waals surface area contributed by atoms with Crippen LogP contribution < -0.4 is 0 Å². The molecule has 84 valence electrons. The zero-order chi connectivity index (χ0) is 11.4. The fourth-order valence-corrected chi connectivity index (χ4v) is 1.90. The quantitative estimate of drug-likeness (QED) is 0.664. The lowest BCUT2D eigenvalue weighted by Gasteiger charge is -2.14. The van der Waals surface area contributed by atoms with Crippen LogP contribution in [0, 0.1) is 0 Å². The van der Waals surface area contributed by atoms with Gasteiger partial charge in [-0.05, 0) is 29.8 Å². The molecule has 0 saturated carbocycles. The van der Waals surface area contributed by atoms with Gasteiger partial charge in [0.2, 0.25) is 0 Å². The zero-order valence-electron chi connectivity index (χ0n) is 8.45. The van der Waals surface area contributed by atoms with Crippen molar-refractivity contribution in [3.05, 3.63) is 33.8 Å². The van der Waals surface area contributed by atoms with Crippen molar-refractivity contribution in [2.75, 3.05) is 13.6 Å². The van der Waals surface area contributed by atoms with Crippen molar-refractivity contribution < 1.29 is 5.21 Å². The van der Waals surface area contributed by atoms with Crippen LogP contribution in [0.4, 0.5) is 0 Å². The van der Waals surface area contributed by atoms with E-state index in [4.69, 9.17) is 28.4 Å². The van der Waals surface area contributed by atoms with E-state index in [-0.39, 0.29) is 5.66 Å². The van der Waals surface area contributed by atoms with Gasteiger partial charge in [0, 0.05) is 13.6 Å². The predicted molar refractivity (Wildman–Crippen MR) is 67.9 cm³/mol. The summed E-state index contributed by atoms with van der Waals surface area (Å²) in [6.45, 7) is 0.619. The summed E-state index contributed by atoms with van der Waals surface area (Å²) in [6, 6.07) is 5.60. The van der Waals surface area contributed by atoms with Crippen molar-refractivity contribution in [1.82, 2.24) is 5.06 Å². The molecule has 1 aromatic rings. The average molecular weight is 266 g/mol. The molecule has 0 amide bonds. The van der Waals surface area contributed by atoms with Gasteiger partial charge in [-0.25, -0.2) is 0 Å². The van der Waals surface area contributed by atoms with E-state index in [2.05, 4.69) is 9.24 Å². The molecular formula is C10H14Cl2NOP. The number of rotatable bonds is 4. The minimum absolute atomic E-state index is 0.273. The Labute approximate surface area is 102 Å². The normalized spacial score (nSPS) is 13.2. The first-order valence-electron chi connectivity index (χ1n) is 4.61. The van der Waals surface area contributed by atoms with E-state index in [0.29, 0.717) is 16.6 Å². The Morgan fingerprint density at radius 1 is 1.40 bits per heavy atom. The molecule has 15 heavy (non-hydrogen) atoms. The largest absolute Gasteiger partial charge is 0.314 e. The molecule has 0 heterocycles. The summed E-state index contributed by atoms with van der Waals surface area (Å²) in [6.07, 6.45) is 0.843. The molecule has 5 heteroatoms. The number of benzene rings is 1. The fourth-order valence-electron chi connectivity index (χ4n) is 1.24. The Bertz CT molecular complexity index is 333. The van der Waals surface area contributed by atoms with Crippen molar-refractivity contribution in [3.63, 3.8) is 0 Å². The van der Waals surface area contributed by atoms with E-state index >= 15 is 0 Å². The second-order valence-corrected chi connectivity index (χ2v) is 5.07. The van der Waals surface area contributed by atoms with Crippen molar-refractivity contribution in [2.45, 2.75) is 12.1 Å². The van der Waals surface area contributed by atoms with Gasteiger partial charge >= 0.3 is 0 Å². The zero-order valence-corrected chi connectivity index (χ0v) is 11.1. The third-order valence-electron chi connectivity index (χ3n) is 2.14. The molecule has 2 unspecified atom stereocenters. The van der Waals surface area contributed by atoms with Crippen molar-refractivity contribution in [2.24, 2.45) is 0 Å². The molecule has 0 saturated heterocycles. The van der Waals surface area contributed by atoms with Crippen molar-refractivity contribution in [3.8, 4) is 0 Å². The van der Waals surface area contributed by atoms with E-state index in [1.54, 1.807) is 13.1 Å². The number of halogens is 2. The Morgan fingerprint density at radius 3 is 2.60 bits per heavy atom. The summed E-state index contributed by atoms with van der Waals surface area (Å²) in [4.78, 5) is 0. The second kappa shape index (κ2) is 6.03. The molecule has 1 aromatic carbocycles. The van der Waals surface area contributed by atoms with Crippen LogP contribution in [-0.2, 0) is 0 Å². The monoisotopic (exact) mass is 265 g/mol. The van der Waals surface area contributed by atoms with Crippen molar-refractivity contribution >= 4 is 32.4 Å². The molecule has 2 nitrogen and oxygen atoms in total. The number of hydrogen-bond acceptors (Lipinski definition) is 2. The summed E-state index contributed by atoms with van der Waals surface area (Å²) >= 11 is 11.7. The van der Waals surface area contributed by atoms with E-state index in [1.807, 2.05) is 12.1 Å². The van der Waals surface area contributed by atoms with Gasteiger partial charge in [0.1, 0.15) is 0 Å². The SMILES string of the molecule is CN(O)CCC(P)c1ccc(Cl)c(Cl)c1. The number of hydrogen-bond donors (Lipinski definition) is 1. The van der Waals surface area contributed by atoms with Crippen LogP contribution in [0.15, 0.2) is 18.2 Å². The molecule has 1 rings (SSSR count). The summed E-state index contributed by atoms with van der Waals surface area (Å²) in [5.74, 6) is 0. The van der Waals surface area contributed by atoms with Crippen LogP contribution in [0.5, 0.6) is 0 Å². The van der Waals surface area contributed by atoms with Gasteiger partial charge in [-0.15, -0.1) is 9.24 Å². The highest BCUT2D eigenvalue weighted by molar-refractivity contribution is 7.17. The molecule has 0 aromatic heterocycles. The molecule has 0 spiro atoms. The highest BCUT2D eigenvalue weighted by Gasteiger charge is 2.08. The number of nitrogens with zero attached hydrogens (tertiary/aromatic N) is 1. The first kappa shape index (κ1) is 13.2. The van der Waals surface area contributed by atoms with Crippen LogP contribution in [-0.4, -0.2) is 23.9 Å². The summed E-state index contributed by atoms with van der Waals surface area (Å²) in [5, 5.41) is 11.3. The molecular weight excluding hydrogens is 252 g/mol. The Balaban J connectivity index is 2.65. The third-order valence-corrected chi connectivity index (χ3v) is 3.59. The first-order valence-corrected chi connectivity index (χ1v) is 6.03. The van der Waals surface area contributed by atoms with Gasteiger partial charge in [0.05, 0.1) is 10.0 Å².